The average molecular weight is 632 g/mol. The van der Waals surface area contributed by atoms with Gasteiger partial charge in [-0.1, -0.05) is 46.7 Å². The lowest BCUT2D eigenvalue weighted by atomic mass is 9.86. The number of amides is 1. The summed E-state index contributed by atoms with van der Waals surface area (Å²) in [4.78, 5) is 21.7. The molecule has 0 spiro atoms. The van der Waals surface area contributed by atoms with Gasteiger partial charge < -0.3 is 25.0 Å². The molecule has 11 heteroatoms. The molecule has 0 radical (unpaired) electrons. The second-order valence-electron chi connectivity index (χ2n) is 11.1. The molecule has 3 aromatic rings. The van der Waals surface area contributed by atoms with E-state index in [1.54, 1.807) is 31.3 Å². The van der Waals surface area contributed by atoms with Crippen LogP contribution in [0.25, 0.3) is 5.57 Å². The van der Waals surface area contributed by atoms with Crippen LogP contribution in [0.2, 0.25) is 10.0 Å². The van der Waals surface area contributed by atoms with Crippen molar-refractivity contribution in [2.75, 3.05) is 26.3 Å². The molecular formula is C31H33Cl2FN4O3S. The Labute approximate surface area is 259 Å². The van der Waals surface area contributed by atoms with E-state index in [-0.39, 0.29) is 43.1 Å². The smallest absolute Gasteiger partial charge is 0.273 e. The molecule has 2 N–H and O–H groups in total. The fraction of sp³-hybridized carbons (Fsp3) is 0.419. The van der Waals surface area contributed by atoms with Gasteiger partial charge in [0.1, 0.15) is 19.0 Å². The van der Waals surface area contributed by atoms with Gasteiger partial charge in [-0.05, 0) is 73.6 Å². The molecule has 2 atom stereocenters. The SMILES string of the molecule is Cc1cc(Cl)c(OCCOc2ncc(C3=C(C(=O)N(Cc4cccc(F)c4C)C4CC4)C4CNCC(C3)N4)s2)c(Cl)c1. The van der Waals surface area contributed by atoms with Crippen molar-refractivity contribution < 1.29 is 18.7 Å². The fourth-order valence-corrected chi connectivity index (χ4v) is 7.24. The predicted octanol–water partition coefficient (Wildman–Crippen LogP) is 5.94. The zero-order valence-electron chi connectivity index (χ0n) is 23.5. The Morgan fingerprint density at radius 1 is 1.14 bits per heavy atom. The molecule has 1 saturated heterocycles. The van der Waals surface area contributed by atoms with Crippen LogP contribution in [0, 0.1) is 19.7 Å². The van der Waals surface area contributed by atoms with E-state index in [0.29, 0.717) is 46.1 Å². The molecule has 42 heavy (non-hydrogen) atoms. The van der Waals surface area contributed by atoms with Crippen LogP contribution in [0.1, 0.15) is 40.8 Å². The molecule has 2 aromatic carbocycles. The van der Waals surface area contributed by atoms with E-state index in [2.05, 4.69) is 15.6 Å². The minimum atomic E-state index is -0.248. The molecular weight excluding hydrogens is 598 g/mol. The molecule has 6 rings (SSSR count). The van der Waals surface area contributed by atoms with Crippen molar-refractivity contribution >= 4 is 46.0 Å². The first kappa shape index (κ1) is 29.4. The maximum absolute atomic E-state index is 14.3. The Kier molecular flexibility index (Phi) is 8.75. The maximum Gasteiger partial charge on any atom is 0.273 e. The Hall–Kier alpha value is -2.69. The van der Waals surface area contributed by atoms with E-state index >= 15 is 0 Å². The van der Waals surface area contributed by atoms with Crippen molar-refractivity contribution in [1.29, 1.82) is 0 Å². The van der Waals surface area contributed by atoms with Crippen LogP contribution in [-0.2, 0) is 11.3 Å². The number of hydrogen-bond donors (Lipinski definition) is 2. The summed E-state index contributed by atoms with van der Waals surface area (Å²) in [6.45, 7) is 6.09. The third-order valence-corrected chi connectivity index (χ3v) is 9.51. The monoisotopic (exact) mass is 630 g/mol. The lowest BCUT2D eigenvalue weighted by Crippen LogP contribution is -2.59. The van der Waals surface area contributed by atoms with Gasteiger partial charge >= 0.3 is 0 Å². The van der Waals surface area contributed by atoms with Crippen LogP contribution in [0.15, 0.2) is 42.1 Å². The Morgan fingerprint density at radius 3 is 2.67 bits per heavy atom. The van der Waals surface area contributed by atoms with Gasteiger partial charge in [0.15, 0.2) is 5.75 Å². The molecule has 3 aliphatic rings. The summed E-state index contributed by atoms with van der Waals surface area (Å²) in [5.41, 5.74) is 4.16. The highest BCUT2D eigenvalue weighted by Gasteiger charge is 2.41. The van der Waals surface area contributed by atoms with Crippen molar-refractivity contribution in [2.45, 2.75) is 57.8 Å². The molecule has 1 aliphatic carbocycles. The van der Waals surface area contributed by atoms with Crippen LogP contribution in [0.4, 0.5) is 4.39 Å². The second-order valence-corrected chi connectivity index (χ2v) is 12.9. The van der Waals surface area contributed by atoms with Crippen LogP contribution >= 0.6 is 34.5 Å². The first-order valence-corrected chi connectivity index (χ1v) is 15.8. The number of aromatic nitrogens is 1. The summed E-state index contributed by atoms with van der Waals surface area (Å²) in [5.74, 6) is 0.193. The number of carbonyl (C=O) groups is 1. The molecule has 1 aromatic heterocycles. The van der Waals surface area contributed by atoms with Crippen molar-refractivity contribution in [1.82, 2.24) is 20.5 Å². The number of thiazole rings is 1. The first-order valence-electron chi connectivity index (χ1n) is 14.2. The Bertz CT molecular complexity index is 1500. The normalized spacial score (nSPS) is 20.0. The highest BCUT2D eigenvalue weighted by Crippen LogP contribution is 2.39. The van der Waals surface area contributed by atoms with Gasteiger partial charge in [-0.3, -0.25) is 4.79 Å². The quantitative estimate of drug-likeness (QED) is 0.270. The Balaban J connectivity index is 1.21. The van der Waals surface area contributed by atoms with Gasteiger partial charge in [0, 0.05) is 43.5 Å². The van der Waals surface area contributed by atoms with E-state index in [4.69, 9.17) is 32.7 Å². The third kappa shape index (κ3) is 6.31. The molecule has 7 nitrogen and oxygen atoms in total. The third-order valence-electron chi connectivity index (χ3n) is 7.98. The van der Waals surface area contributed by atoms with Crippen LogP contribution < -0.4 is 20.1 Å². The summed E-state index contributed by atoms with van der Waals surface area (Å²) in [7, 11) is 0. The molecule has 2 bridgehead atoms. The molecule has 2 fully saturated rings. The number of fused-ring (bicyclic) bond motifs is 2. The zero-order valence-corrected chi connectivity index (χ0v) is 25.8. The highest BCUT2D eigenvalue weighted by molar-refractivity contribution is 7.14. The predicted molar refractivity (Wildman–Crippen MR) is 164 cm³/mol. The van der Waals surface area contributed by atoms with Gasteiger partial charge in [-0.2, -0.15) is 0 Å². The summed E-state index contributed by atoms with van der Waals surface area (Å²) in [5, 5.41) is 8.54. The number of nitrogens with zero attached hydrogens (tertiary/aromatic N) is 2. The van der Waals surface area contributed by atoms with Crippen LogP contribution in [0.5, 0.6) is 10.9 Å². The first-order chi connectivity index (χ1) is 20.3. The van der Waals surface area contributed by atoms with Crippen molar-refractivity contribution in [3.63, 3.8) is 0 Å². The number of benzene rings is 2. The topological polar surface area (TPSA) is 75.7 Å². The van der Waals surface area contributed by atoms with Crippen molar-refractivity contribution in [3.8, 4) is 10.9 Å². The summed E-state index contributed by atoms with van der Waals surface area (Å²) < 4.78 is 26.0. The summed E-state index contributed by atoms with van der Waals surface area (Å²) in [6.07, 6.45) is 4.42. The van der Waals surface area contributed by atoms with Gasteiger partial charge in [0.2, 0.25) is 0 Å². The summed E-state index contributed by atoms with van der Waals surface area (Å²) >= 11 is 14.0. The van der Waals surface area contributed by atoms with E-state index < -0.39 is 0 Å². The van der Waals surface area contributed by atoms with E-state index in [1.165, 1.54) is 17.4 Å². The maximum atomic E-state index is 14.3. The molecule has 1 amide bonds. The number of aryl methyl sites for hydroxylation is 1. The van der Waals surface area contributed by atoms with Gasteiger partial charge in [0.25, 0.3) is 11.1 Å². The van der Waals surface area contributed by atoms with E-state index in [9.17, 15) is 9.18 Å². The summed E-state index contributed by atoms with van der Waals surface area (Å²) in [6, 6.07) is 8.96. The minimum absolute atomic E-state index is 0.00642. The lowest BCUT2D eigenvalue weighted by molar-refractivity contribution is -0.128. The van der Waals surface area contributed by atoms with Gasteiger partial charge in [-0.25, -0.2) is 9.37 Å². The van der Waals surface area contributed by atoms with Crippen molar-refractivity contribution in [2.24, 2.45) is 0 Å². The molecule has 3 heterocycles. The zero-order chi connectivity index (χ0) is 29.4. The van der Waals surface area contributed by atoms with Crippen LogP contribution in [0.3, 0.4) is 0 Å². The number of piperazine rings is 1. The van der Waals surface area contributed by atoms with E-state index in [1.807, 2.05) is 17.9 Å². The molecule has 2 aliphatic heterocycles. The minimum Gasteiger partial charge on any atom is -0.487 e. The van der Waals surface area contributed by atoms with Gasteiger partial charge in [0.05, 0.1) is 21.0 Å². The Morgan fingerprint density at radius 2 is 1.90 bits per heavy atom. The number of hydrogen-bond acceptors (Lipinski definition) is 7. The second kappa shape index (κ2) is 12.5. The number of nitrogens with one attached hydrogen (secondary N) is 2. The standard InChI is InChI=1S/C31H33Cl2FN4O3S/c1-17-10-23(32)29(24(33)11-17)40-8-9-41-31-36-15-27(42-31)22-12-20-13-35-14-26(37-20)28(22)30(39)38(21-6-7-21)16-19-4-3-5-25(34)18(19)2/h3-5,10-11,15,20-21,26,35,37H,6-9,12-14,16H2,1-2H3. The largest absolute Gasteiger partial charge is 0.487 e. The fourth-order valence-electron chi connectivity index (χ4n) is 5.68. The average Bonchev–Trinajstić information content (AvgIpc) is 3.69. The number of rotatable bonds is 10. The number of carbonyl (C=O) groups excluding carboxylic acids is 1. The molecule has 2 unspecified atom stereocenters. The number of ether oxygens (including phenoxy) is 2. The highest BCUT2D eigenvalue weighted by atomic mass is 35.5. The molecule has 1 saturated carbocycles. The van der Waals surface area contributed by atoms with Crippen molar-refractivity contribution in [3.05, 3.63) is 79.5 Å². The lowest BCUT2D eigenvalue weighted by Gasteiger charge is -2.40. The molecule has 222 valence electrons. The van der Waals surface area contributed by atoms with Crippen LogP contribution in [-0.4, -0.2) is 60.2 Å². The van der Waals surface area contributed by atoms with Gasteiger partial charge in [-0.15, -0.1) is 0 Å². The number of halogens is 3. The van der Waals surface area contributed by atoms with E-state index in [0.717, 1.165) is 46.5 Å².